The minimum Gasteiger partial charge on any atom is -0.497 e. The lowest BCUT2D eigenvalue weighted by Crippen LogP contribution is -2.62. The van der Waals surface area contributed by atoms with Gasteiger partial charge in [-0.25, -0.2) is 16.8 Å². The second kappa shape index (κ2) is 9.25. The molecule has 0 amide bonds. The lowest BCUT2D eigenvalue weighted by Gasteiger charge is -2.52. The Morgan fingerprint density at radius 3 is 1.76 bits per heavy atom. The highest BCUT2D eigenvalue weighted by atomic mass is 32.2. The number of benzene rings is 2. The first-order valence-corrected chi connectivity index (χ1v) is 14.0. The third kappa shape index (κ3) is 4.75. The molecule has 0 aliphatic carbocycles. The largest absolute Gasteiger partial charge is 0.497 e. The van der Waals surface area contributed by atoms with Crippen molar-refractivity contribution in [2.75, 3.05) is 39.9 Å². The number of methoxy groups -OCH3 is 1. The van der Waals surface area contributed by atoms with Gasteiger partial charge in [0.2, 0.25) is 20.0 Å². The zero-order chi connectivity index (χ0) is 23.7. The summed E-state index contributed by atoms with van der Waals surface area (Å²) in [6.45, 7) is 4.20. The molecular weight excluding hydrogens is 464 g/mol. The Kier molecular flexibility index (Phi) is 6.73. The molecule has 2 aromatic rings. The fraction of sp³-hybridized carbons (Fsp3) is 0.478. The van der Waals surface area contributed by atoms with E-state index in [2.05, 4.69) is 0 Å². The van der Waals surface area contributed by atoms with Crippen molar-refractivity contribution < 1.29 is 26.3 Å². The van der Waals surface area contributed by atoms with E-state index in [1.54, 1.807) is 48.5 Å². The molecule has 180 valence electrons. The monoisotopic (exact) mass is 494 g/mol. The molecule has 2 aliphatic rings. The third-order valence-corrected chi connectivity index (χ3v) is 10.2. The van der Waals surface area contributed by atoms with Crippen molar-refractivity contribution in [3.05, 3.63) is 48.5 Å². The molecule has 2 aliphatic heterocycles. The molecule has 2 saturated heterocycles. The Hall–Kier alpha value is -2.14. The van der Waals surface area contributed by atoms with Gasteiger partial charge in [0.1, 0.15) is 11.5 Å². The van der Waals surface area contributed by atoms with Crippen LogP contribution < -0.4 is 9.47 Å². The summed E-state index contributed by atoms with van der Waals surface area (Å²) in [4.78, 5) is 0.490. The summed E-state index contributed by atoms with van der Waals surface area (Å²) in [5.41, 5.74) is -0.164. The number of sulfonamides is 2. The van der Waals surface area contributed by atoms with Crippen molar-refractivity contribution >= 4 is 20.0 Å². The summed E-state index contributed by atoms with van der Waals surface area (Å²) in [7, 11) is -5.62. The molecule has 0 aromatic heterocycles. The normalized spacial score (nSPS) is 19.2. The third-order valence-electron chi connectivity index (χ3n) is 6.44. The molecule has 2 heterocycles. The summed E-state index contributed by atoms with van der Waals surface area (Å²) >= 11 is 0. The Morgan fingerprint density at radius 2 is 1.27 bits per heavy atom. The van der Waals surface area contributed by atoms with Crippen LogP contribution in [0.25, 0.3) is 0 Å². The molecule has 10 heteroatoms. The van der Waals surface area contributed by atoms with Gasteiger partial charge in [0.25, 0.3) is 0 Å². The molecule has 0 unspecified atom stereocenters. The molecule has 0 saturated carbocycles. The van der Waals surface area contributed by atoms with E-state index in [4.69, 9.17) is 9.47 Å². The van der Waals surface area contributed by atoms with E-state index in [1.807, 2.05) is 6.92 Å². The van der Waals surface area contributed by atoms with Crippen molar-refractivity contribution in [1.82, 2.24) is 8.61 Å². The van der Waals surface area contributed by atoms with Crippen LogP contribution in [0.3, 0.4) is 0 Å². The molecule has 0 radical (unpaired) electrons. The van der Waals surface area contributed by atoms with Gasteiger partial charge in [-0.3, -0.25) is 0 Å². The average molecular weight is 495 g/mol. The highest BCUT2D eigenvalue weighted by molar-refractivity contribution is 7.89. The van der Waals surface area contributed by atoms with Crippen LogP contribution in [-0.4, -0.2) is 65.3 Å². The van der Waals surface area contributed by atoms with E-state index in [1.165, 1.54) is 15.7 Å². The molecule has 8 nitrogen and oxygen atoms in total. The Morgan fingerprint density at radius 1 is 0.788 bits per heavy atom. The van der Waals surface area contributed by atoms with Crippen LogP contribution in [-0.2, 0) is 20.0 Å². The van der Waals surface area contributed by atoms with Crippen molar-refractivity contribution in [2.45, 2.75) is 36.0 Å². The maximum Gasteiger partial charge on any atom is 0.243 e. The number of hydrogen-bond acceptors (Lipinski definition) is 6. The van der Waals surface area contributed by atoms with Crippen LogP contribution in [0, 0.1) is 5.41 Å². The molecular formula is C23H30N2O6S2. The summed E-state index contributed by atoms with van der Waals surface area (Å²) in [5.74, 6) is 1.26. The highest BCUT2D eigenvalue weighted by Gasteiger charge is 2.50. The number of rotatable bonds is 8. The first-order chi connectivity index (χ1) is 15.7. The van der Waals surface area contributed by atoms with Crippen molar-refractivity contribution in [1.29, 1.82) is 0 Å². The number of piperidine rings is 1. The topological polar surface area (TPSA) is 93.2 Å². The number of hydrogen-bond donors (Lipinski definition) is 0. The van der Waals surface area contributed by atoms with Crippen LogP contribution in [0.4, 0.5) is 0 Å². The summed E-state index contributed by atoms with van der Waals surface area (Å²) in [6, 6.07) is 12.9. The molecule has 1 spiro atoms. The molecule has 2 aromatic carbocycles. The minimum absolute atomic E-state index is 0.164. The molecule has 0 atom stereocenters. The van der Waals surface area contributed by atoms with E-state index >= 15 is 0 Å². The Bertz CT molecular complexity index is 1160. The van der Waals surface area contributed by atoms with Gasteiger partial charge in [-0.15, -0.1) is 0 Å². The molecule has 2 fully saturated rings. The molecule has 33 heavy (non-hydrogen) atoms. The van der Waals surface area contributed by atoms with E-state index in [-0.39, 0.29) is 15.2 Å². The van der Waals surface area contributed by atoms with Crippen LogP contribution in [0.15, 0.2) is 58.3 Å². The standard InChI is InChI=1S/C23H30N2O6S2/c1-3-16-31-20-6-10-22(11-7-20)33(28,29)25-17-23(18-25)12-14-24(15-13-23)32(26,27)21-8-4-19(30-2)5-9-21/h4-11H,3,12-18H2,1-2H3. The maximum atomic E-state index is 13.0. The lowest BCUT2D eigenvalue weighted by molar-refractivity contribution is 0.0197. The molecule has 4 rings (SSSR count). The average Bonchev–Trinajstić information content (AvgIpc) is 2.81. The smallest absolute Gasteiger partial charge is 0.243 e. The van der Waals surface area contributed by atoms with Gasteiger partial charge in [-0.1, -0.05) is 6.92 Å². The van der Waals surface area contributed by atoms with E-state index < -0.39 is 20.0 Å². The second-order valence-electron chi connectivity index (χ2n) is 8.67. The molecule has 0 bridgehead atoms. The minimum atomic E-state index is -3.58. The van der Waals surface area contributed by atoms with Gasteiger partial charge in [0, 0.05) is 31.6 Å². The first-order valence-electron chi connectivity index (χ1n) is 11.1. The van der Waals surface area contributed by atoms with Gasteiger partial charge < -0.3 is 9.47 Å². The second-order valence-corrected chi connectivity index (χ2v) is 12.5. The van der Waals surface area contributed by atoms with Crippen molar-refractivity contribution in [3.63, 3.8) is 0 Å². The van der Waals surface area contributed by atoms with Gasteiger partial charge in [-0.2, -0.15) is 8.61 Å². The zero-order valence-corrected chi connectivity index (χ0v) is 20.6. The first kappa shape index (κ1) is 24.0. The van der Waals surface area contributed by atoms with Crippen molar-refractivity contribution in [2.24, 2.45) is 5.41 Å². The predicted octanol–water partition coefficient (Wildman–Crippen LogP) is 2.96. The van der Waals surface area contributed by atoms with Crippen LogP contribution >= 0.6 is 0 Å². The van der Waals surface area contributed by atoms with Gasteiger partial charge in [-0.05, 0) is 67.8 Å². The molecule has 0 N–H and O–H groups in total. The maximum absolute atomic E-state index is 13.0. The summed E-state index contributed by atoms with van der Waals surface area (Å²) in [6.07, 6.45) is 2.16. The summed E-state index contributed by atoms with van der Waals surface area (Å²) < 4.78 is 65.5. The van der Waals surface area contributed by atoms with E-state index in [9.17, 15) is 16.8 Å². The number of nitrogens with zero attached hydrogens (tertiary/aromatic N) is 2. The Labute approximate surface area is 196 Å². The SMILES string of the molecule is CCCOc1ccc(S(=O)(=O)N2CC3(CCN(S(=O)(=O)c4ccc(OC)cc4)CC3)C2)cc1. The predicted molar refractivity (Wildman–Crippen MR) is 124 cm³/mol. The van der Waals surface area contributed by atoms with Crippen LogP contribution in [0.2, 0.25) is 0 Å². The van der Waals surface area contributed by atoms with Gasteiger partial charge >= 0.3 is 0 Å². The number of ether oxygens (including phenoxy) is 2. The van der Waals surface area contributed by atoms with Gasteiger partial charge in [0.15, 0.2) is 0 Å². The Balaban J connectivity index is 1.36. The van der Waals surface area contributed by atoms with E-state index in [0.29, 0.717) is 57.1 Å². The van der Waals surface area contributed by atoms with Crippen LogP contribution in [0.1, 0.15) is 26.2 Å². The fourth-order valence-electron chi connectivity index (χ4n) is 4.36. The van der Waals surface area contributed by atoms with Crippen molar-refractivity contribution in [3.8, 4) is 11.5 Å². The van der Waals surface area contributed by atoms with Crippen LogP contribution in [0.5, 0.6) is 11.5 Å². The lowest BCUT2D eigenvalue weighted by atomic mass is 9.74. The quantitative estimate of drug-likeness (QED) is 0.560. The fourth-order valence-corrected chi connectivity index (χ4v) is 7.47. The highest BCUT2D eigenvalue weighted by Crippen LogP contribution is 2.44. The zero-order valence-electron chi connectivity index (χ0n) is 18.9. The summed E-state index contributed by atoms with van der Waals surface area (Å²) in [5, 5.41) is 0. The van der Waals surface area contributed by atoms with Gasteiger partial charge in [0.05, 0.1) is 23.5 Å². The van der Waals surface area contributed by atoms with E-state index in [0.717, 1.165) is 6.42 Å².